The number of hydrogen-bond donors (Lipinski definition) is 0. The summed E-state index contributed by atoms with van der Waals surface area (Å²) in [6.45, 7) is 1.44. The first-order valence-corrected chi connectivity index (χ1v) is 4.65. The molecule has 1 rings (SSSR count). The standard InChI is InChI=1S/C11H10F3NO2/c1-7-8(4-6-10(16)17-2)3-5-9(15-7)11(12,13)14/h3-6H,1-2H3/b6-4+. The summed E-state index contributed by atoms with van der Waals surface area (Å²) in [6, 6.07) is 2.12. The van der Waals surface area contributed by atoms with Crippen molar-refractivity contribution in [3.63, 3.8) is 0 Å². The van der Waals surface area contributed by atoms with Crippen molar-refractivity contribution >= 4 is 12.0 Å². The van der Waals surface area contributed by atoms with E-state index >= 15 is 0 Å². The lowest BCUT2D eigenvalue weighted by Gasteiger charge is -2.07. The fourth-order valence-corrected chi connectivity index (χ4v) is 1.13. The molecule has 1 aromatic heterocycles. The van der Waals surface area contributed by atoms with Crippen LogP contribution in [0, 0.1) is 6.92 Å². The predicted molar refractivity (Wildman–Crippen MR) is 55.0 cm³/mol. The average Bonchev–Trinajstić information content (AvgIpc) is 2.25. The maximum atomic E-state index is 12.3. The molecular formula is C11H10F3NO2. The Kier molecular flexibility index (Phi) is 3.88. The van der Waals surface area contributed by atoms with Crippen LogP contribution in [-0.4, -0.2) is 18.1 Å². The number of ether oxygens (including phenoxy) is 1. The number of aromatic nitrogens is 1. The van der Waals surface area contributed by atoms with Crippen molar-refractivity contribution in [2.45, 2.75) is 13.1 Å². The van der Waals surface area contributed by atoms with Crippen LogP contribution < -0.4 is 0 Å². The quantitative estimate of drug-likeness (QED) is 0.593. The van der Waals surface area contributed by atoms with E-state index in [1.165, 1.54) is 26.2 Å². The maximum absolute atomic E-state index is 12.3. The Labute approximate surface area is 95.9 Å². The van der Waals surface area contributed by atoms with E-state index < -0.39 is 17.8 Å². The third kappa shape index (κ3) is 3.58. The van der Waals surface area contributed by atoms with Gasteiger partial charge in [0, 0.05) is 11.8 Å². The van der Waals surface area contributed by atoms with E-state index in [4.69, 9.17) is 0 Å². The lowest BCUT2D eigenvalue weighted by molar-refractivity contribution is -0.141. The minimum atomic E-state index is -4.46. The van der Waals surface area contributed by atoms with E-state index in [0.717, 1.165) is 12.1 Å². The van der Waals surface area contributed by atoms with Crippen molar-refractivity contribution in [1.82, 2.24) is 4.98 Å². The second-order valence-electron chi connectivity index (χ2n) is 3.23. The van der Waals surface area contributed by atoms with Gasteiger partial charge in [-0.2, -0.15) is 13.2 Å². The van der Waals surface area contributed by atoms with Gasteiger partial charge in [-0.15, -0.1) is 0 Å². The molecule has 1 heterocycles. The molecule has 0 bridgehead atoms. The summed E-state index contributed by atoms with van der Waals surface area (Å²) in [7, 11) is 1.21. The highest BCUT2D eigenvalue weighted by atomic mass is 19.4. The normalized spacial score (nSPS) is 11.8. The van der Waals surface area contributed by atoms with Gasteiger partial charge in [-0.1, -0.05) is 6.07 Å². The topological polar surface area (TPSA) is 39.2 Å². The van der Waals surface area contributed by atoms with Crippen molar-refractivity contribution in [1.29, 1.82) is 0 Å². The summed E-state index contributed by atoms with van der Waals surface area (Å²) >= 11 is 0. The smallest absolute Gasteiger partial charge is 0.433 e. The van der Waals surface area contributed by atoms with E-state index in [0.29, 0.717) is 5.56 Å². The van der Waals surface area contributed by atoms with Crippen molar-refractivity contribution in [2.75, 3.05) is 7.11 Å². The molecule has 0 unspecified atom stereocenters. The zero-order chi connectivity index (χ0) is 13.1. The molecule has 0 fully saturated rings. The number of carbonyl (C=O) groups excluding carboxylic acids is 1. The zero-order valence-electron chi connectivity index (χ0n) is 9.21. The number of rotatable bonds is 2. The molecule has 0 atom stereocenters. The Balaban J connectivity index is 2.99. The van der Waals surface area contributed by atoms with Gasteiger partial charge in [0.1, 0.15) is 5.69 Å². The number of hydrogen-bond acceptors (Lipinski definition) is 3. The minimum Gasteiger partial charge on any atom is -0.466 e. The molecule has 0 aliphatic rings. The molecule has 0 aromatic carbocycles. The van der Waals surface area contributed by atoms with Crippen LogP contribution >= 0.6 is 0 Å². The molecule has 0 saturated heterocycles. The summed E-state index contributed by atoms with van der Waals surface area (Å²) in [5.41, 5.74) is -0.325. The van der Waals surface area contributed by atoms with Crippen LogP contribution in [0.1, 0.15) is 17.0 Å². The first-order valence-electron chi connectivity index (χ1n) is 4.65. The molecule has 3 nitrogen and oxygen atoms in total. The molecule has 17 heavy (non-hydrogen) atoms. The third-order valence-corrected chi connectivity index (χ3v) is 2.02. The van der Waals surface area contributed by atoms with Gasteiger partial charge in [0.15, 0.2) is 0 Å². The first kappa shape index (κ1) is 13.2. The third-order valence-electron chi connectivity index (χ3n) is 2.02. The molecule has 0 aliphatic heterocycles. The largest absolute Gasteiger partial charge is 0.466 e. The van der Waals surface area contributed by atoms with Crippen molar-refractivity contribution in [3.8, 4) is 0 Å². The van der Waals surface area contributed by atoms with E-state index in [9.17, 15) is 18.0 Å². The van der Waals surface area contributed by atoms with Crippen LogP contribution in [0.3, 0.4) is 0 Å². The Bertz CT molecular complexity index is 453. The Morgan fingerprint density at radius 3 is 2.53 bits per heavy atom. The minimum absolute atomic E-state index is 0.194. The number of methoxy groups -OCH3 is 1. The van der Waals surface area contributed by atoms with E-state index in [1.807, 2.05) is 0 Å². The fourth-order valence-electron chi connectivity index (χ4n) is 1.13. The van der Waals surface area contributed by atoms with Crippen LogP contribution in [-0.2, 0) is 15.7 Å². The highest BCUT2D eigenvalue weighted by Crippen LogP contribution is 2.28. The van der Waals surface area contributed by atoms with E-state index in [-0.39, 0.29) is 5.69 Å². The van der Waals surface area contributed by atoms with E-state index in [2.05, 4.69) is 9.72 Å². The number of alkyl halides is 3. The van der Waals surface area contributed by atoms with Crippen molar-refractivity contribution in [2.24, 2.45) is 0 Å². The number of aryl methyl sites for hydroxylation is 1. The van der Waals surface area contributed by atoms with Gasteiger partial charge in [-0.3, -0.25) is 0 Å². The number of nitrogens with zero attached hydrogens (tertiary/aromatic N) is 1. The van der Waals surface area contributed by atoms with Crippen LogP contribution in [0.25, 0.3) is 6.08 Å². The highest BCUT2D eigenvalue weighted by Gasteiger charge is 2.32. The summed E-state index contributed by atoms with van der Waals surface area (Å²) < 4.78 is 41.3. The summed E-state index contributed by atoms with van der Waals surface area (Å²) in [6.07, 6.45) is -1.99. The average molecular weight is 245 g/mol. The first-order chi connectivity index (χ1) is 7.84. The molecule has 1 aromatic rings. The number of carbonyl (C=O) groups is 1. The van der Waals surface area contributed by atoms with Crippen LogP contribution in [0.4, 0.5) is 13.2 Å². The highest BCUT2D eigenvalue weighted by molar-refractivity contribution is 5.87. The Morgan fingerprint density at radius 2 is 2.06 bits per heavy atom. The van der Waals surface area contributed by atoms with Gasteiger partial charge in [0.25, 0.3) is 0 Å². The molecule has 6 heteroatoms. The SMILES string of the molecule is COC(=O)/C=C/c1ccc(C(F)(F)F)nc1C. The zero-order valence-corrected chi connectivity index (χ0v) is 9.21. The van der Waals surface area contributed by atoms with Crippen LogP contribution in [0.15, 0.2) is 18.2 Å². The molecule has 0 amide bonds. The monoisotopic (exact) mass is 245 g/mol. The second-order valence-corrected chi connectivity index (χ2v) is 3.23. The number of pyridine rings is 1. The molecule has 0 saturated carbocycles. The molecule has 0 radical (unpaired) electrons. The lowest BCUT2D eigenvalue weighted by atomic mass is 10.1. The number of esters is 1. The molecule has 0 spiro atoms. The predicted octanol–water partition coefficient (Wildman–Crippen LogP) is 2.60. The summed E-state index contributed by atoms with van der Waals surface area (Å²) in [4.78, 5) is 14.2. The molecule has 0 N–H and O–H groups in total. The van der Waals surface area contributed by atoms with Gasteiger partial charge in [0.2, 0.25) is 0 Å². The molecule has 0 aliphatic carbocycles. The maximum Gasteiger partial charge on any atom is 0.433 e. The van der Waals surface area contributed by atoms with Crippen molar-refractivity contribution < 1.29 is 22.7 Å². The molecular weight excluding hydrogens is 235 g/mol. The van der Waals surface area contributed by atoms with Crippen LogP contribution in [0.2, 0.25) is 0 Å². The molecule has 92 valence electrons. The van der Waals surface area contributed by atoms with E-state index in [1.54, 1.807) is 0 Å². The van der Waals surface area contributed by atoms with Gasteiger partial charge in [-0.05, 0) is 24.6 Å². The van der Waals surface area contributed by atoms with Gasteiger partial charge in [-0.25, -0.2) is 9.78 Å². The second kappa shape index (κ2) is 4.99. The number of halogens is 3. The summed E-state index contributed by atoms with van der Waals surface area (Å²) in [5.74, 6) is -0.579. The Hall–Kier alpha value is -1.85. The fraction of sp³-hybridized carbons (Fsp3) is 0.273. The van der Waals surface area contributed by atoms with Gasteiger partial charge in [0.05, 0.1) is 7.11 Å². The van der Waals surface area contributed by atoms with Gasteiger partial charge >= 0.3 is 12.1 Å². The van der Waals surface area contributed by atoms with Crippen molar-refractivity contribution in [3.05, 3.63) is 35.2 Å². The Morgan fingerprint density at radius 1 is 1.41 bits per heavy atom. The lowest BCUT2D eigenvalue weighted by Crippen LogP contribution is -2.09. The summed E-state index contributed by atoms with van der Waals surface area (Å²) in [5, 5.41) is 0. The van der Waals surface area contributed by atoms with Crippen LogP contribution in [0.5, 0.6) is 0 Å². The van der Waals surface area contributed by atoms with Gasteiger partial charge < -0.3 is 4.74 Å².